The molecule has 5 nitrogen and oxygen atoms in total. The van der Waals surface area contributed by atoms with Gasteiger partial charge >= 0.3 is 0 Å². The van der Waals surface area contributed by atoms with Crippen LogP contribution in [0.3, 0.4) is 0 Å². The largest absolute Gasteiger partial charge is 0.385 e. The van der Waals surface area contributed by atoms with Crippen LogP contribution in [0.1, 0.15) is 26.2 Å². The highest BCUT2D eigenvalue weighted by Gasteiger charge is 2.23. The van der Waals surface area contributed by atoms with E-state index < -0.39 is 0 Å². The van der Waals surface area contributed by atoms with E-state index >= 15 is 0 Å². The minimum Gasteiger partial charge on any atom is -0.385 e. The molecule has 0 saturated carbocycles. The van der Waals surface area contributed by atoms with Crippen LogP contribution in [0.2, 0.25) is 0 Å². The van der Waals surface area contributed by atoms with Crippen LogP contribution in [0.25, 0.3) is 0 Å². The van der Waals surface area contributed by atoms with Crippen molar-refractivity contribution in [2.75, 3.05) is 19.8 Å². The van der Waals surface area contributed by atoms with Crippen molar-refractivity contribution in [2.24, 2.45) is 0 Å². The van der Waals surface area contributed by atoms with Crippen LogP contribution in [0.5, 0.6) is 0 Å². The van der Waals surface area contributed by atoms with Gasteiger partial charge in [-0.15, -0.1) is 0 Å². The number of nitriles is 3. The number of nitrogens with one attached hydrogen (secondary N) is 1. The molecule has 0 bridgehead atoms. The third kappa shape index (κ3) is 3.85. The Balaban J connectivity index is 2.71. The molecular formula is C14H16N4O. The summed E-state index contributed by atoms with van der Waals surface area (Å²) in [6, 6.07) is 5.77. The second-order valence-corrected chi connectivity index (χ2v) is 4.08. The lowest BCUT2D eigenvalue weighted by Gasteiger charge is -2.07. The second kappa shape index (κ2) is 7.93. The molecular weight excluding hydrogens is 240 g/mol. The van der Waals surface area contributed by atoms with Crippen LogP contribution in [0.4, 0.5) is 0 Å². The topological polar surface area (TPSA) is 92.6 Å². The van der Waals surface area contributed by atoms with E-state index in [0.717, 1.165) is 18.7 Å². The van der Waals surface area contributed by atoms with Crippen LogP contribution in [0.15, 0.2) is 22.4 Å². The van der Waals surface area contributed by atoms with Crippen LogP contribution < -0.4 is 5.32 Å². The van der Waals surface area contributed by atoms with Gasteiger partial charge in [0, 0.05) is 24.4 Å². The van der Waals surface area contributed by atoms with E-state index in [0.29, 0.717) is 37.1 Å². The van der Waals surface area contributed by atoms with E-state index in [9.17, 15) is 0 Å². The van der Waals surface area contributed by atoms with Crippen molar-refractivity contribution in [1.29, 1.82) is 15.8 Å². The number of hydrogen-bond acceptors (Lipinski definition) is 5. The SMILES string of the molecule is CCCOCCNC1=C(C#N)C(=C(C#N)C#N)CC1. The summed E-state index contributed by atoms with van der Waals surface area (Å²) < 4.78 is 5.34. The first-order chi connectivity index (χ1) is 9.28. The van der Waals surface area contributed by atoms with E-state index in [2.05, 4.69) is 11.4 Å². The first kappa shape index (κ1) is 14.8. The highest BCUT2D eigenvalue weighted by Crippen LogP contribution is 2.31. The molecule has 0 spiro atoms. The maximum Gasteiger partial charge on any atom is 0.134 e. The van der Waals surface area contributed by atoms with Gasteiger partial charge in [0.2, 0.25) is 0 Å². The molecule has 0 unspecified atom stereocenters. The smallest absolute Gasteiger partial charge is 0.134 e. The van der Waals surface area contributed by atoms with Gasteiger partial charge in [-0.1, -0.05) is 6.92 Å². The Kier molecular flexibility index (Phi) is 6.16. The van der Waals surface area contributed by atoms with Gasteiger partial charge in [-0.3, -0.25) is 0 Å². The molecule has 0 amide bonds. The Hall–Kier alpha value is -2.29. The first-order valence-corrected chi connectivity index (χ1v) is 6.27. The maximum absolute atomic E-state index is 9.16. The Morgan fingerprint density at radius 2 is 1.95 bits per heavy atom. The van der Waals surface area contributed by atoms with Gasteiger partial charge in [-0.05, 0) is 19.3 Å². The number of ether oxygens (including phenoxy) is 1. The number of nitrogens with zero attached hydrogens (tertiary/aromatic N) is 3. The fourth-order valence-electron chi connectivity index (χ4n) is 1.92. The lowest BCUT2D eigenvalue weighted by Crippen LogP contribution is -2.19. The molecule has 0 heterocycles. The summed E-state index contributed by atoms with van der Waals surface area (Å²) in [6.45, 7) is 3.98. The van der Waals surface area contributed by atoms with E-state index in [1.54, 1.807) is 0 Å². The van der Waals surface area contributed by atoms with Gasteiger partial charge in [0.25, 0.3) is 0 Å². The molecule has 0 aliphatic heterocycles. The Labute approximate surface area is 113 Å². The standard InChI is InChI=1S/C14H16N4O/c1-2-6-19-7-5-18-14-4-3-12(13(14)10-17)11(8-15)9-16/h18H,2-7H2,1H3. The normalized spacial score (nSPS) is 13.7. The third-order valence-electron chi connectivity index (χ3n) is 2.80. The van der Waals surface area contributed by atoms with Crippen molar-refractivity contribution in [3.05, 3.63) is 22.4 Å². The summed E-state index contributed by atoms with van der Waals surface area (Å²) in [5, 5.41) is 30.0. The molecule has 1 aliphatic rings. The molecule has 1 N–H and O–H groups in total. The predicted molar refractivity (Wildman–Crippen MR) is 69.2 cm³/mol. The summed E-state index contributed by atoms with van der Waals surface area (Å²) in [4.78, 5) is 0. The molecule has 98 valence electrons. The zero-order chi connectivity index (χ0) is 14.1. The molecule has 0 radical (unpaired) electrons. The number of allylic oxidation sites excluding steroid dienone is 4. The molecule has 0 aromatic heterocycles. The zero-order valence-corrected chi connectivity index (χ0v) is 11.0. The fraction of sp³-hybridized carbons (Fsp3) is 0.500. The summed E-state index contributed by atoms with van der Waals surface area (Å²) in [5.41, 5.74) is 1.84. The third-order valence-corrected chi connectivity index (χ3v) is 2.80. The van der Waals surface area contributed by atoms with E-state index in [1.165, 1.54) is 0 Å². The Morgan fingerprint density at radius 3 is 2.53 bits per heavy atom. The van der Waals surface area contributed by atoms with Gasteiger partial charge in [-0.25, -0.2) is 0 Å². The Morgan fingerprint density at radius 1 is 1.21 bits per heavy atom. The van der Waals surface area contributed by atoms with E-state index in [-0.39, 0.29) is 5.57 Å². The minimum atomic E-state index is 0.0376. The van der Waals surface area contributed by atoms with Crippen molar-refractivity contribution < 1.29 is 4.74 Å². The molecule has 0 saturated heterocycles. The average molecular weight is 256 g/mol. The van der Waals surface area contributed by atoms with Crippen LogP contribution in [-0.4, -0.2) is 19.8 Å². The lowest BCUT2D eigenvalue weighted by molar-refractivity contribution is 0.138. The minimum absolute atomic E-state index is 0.0376. The quantitative estimate of drug-likeness (QED) is 0.579. The predicted octanol–water partition coefficient (Wildman–Crippen LogP) is 1.92. The van der Waals surface area contributed by atoms with Crippen LogP contribution in [-0.2, 0) is 4.74 Å². The summed E-state index contributed by atoms with van der Waals surface area (Å²) in [5.74, 6) is 0. The lowest BCUT2D eigenvalue weighted by atomic mass is 10.0. The van der Waals surface area contributed by atoms with Gasteiger partial charge in [0.15, 0.2) is 0 Å². The van der Waals surface area contributed by atoms with Gasteiger partial charge in [0.1, 0.15) is 23.8 Å². The van der Waals surface area contributed by atoms with E-state index in [1.807, 2.05) is 19.1 Å². The molecule has 0 aromatic rings. The van der Waals surface area contributed by atoms with Crippen molar-refractivity contribution in [2.45, 2.75) is 26.2 Å². The van der Waals surface area contributed by atoms with Gasteiger partial charge in [-0.2, -0.15) is 15.8 Å². The second-order valence-electron chi connectivity index (χ2n) is 4.08. The van der Waals surface area contributed by atoms with Gasteiger partial charge in [0.05, 0.1) is 12.2 Å². The molecule has 1 aliphatic carbocycles. The summed E-state index contributed by atoms with van der Waals surface area (Å²) in [6.07, 6.45) is 2.21. The van der Waals surface area contributed by atoms with Crippen molar-refractivity contribution >= 4 is 0 Å². The molecule has 19 heavy (non-hydrogen) atoms. The number of hydrogen-bond donors (Lipinski definition) is 1. The van der Waals surface area contributed by atoms with Gasteiger partial charge < -0.3 is 10.1 Å². The van der Waals surface area contributed by atoms with Crippen LogP contribution in [0, 0.1) is 34.0 Å². The summed E-state index contributed by atoms with van der Waals surface area (Å²) in [7, 11) is 0. The Bertz CT molecular complexity index is 495. The molecule has 0 atom stereocenters. The zero-order valence-electron chi connectivity index (χ0n) is 11.0. The fourth-order valence-corrected chi connectivity index (χ4v) is 1.92. The molecule has 0 aromatic carbocycles. The first-order valence-electron chi connectivity index (χ1n) is 6.27. The highest BCUT2D eigenvalue weighted by molar-refractivity contribution is 5.58. The molecule has 0 fully saturated rings. The average Bonchev–Trinajstić information content (AvgIpc) is 2.83. The van der Waals surface area contributed by atoms with Crippen molar-refractivity contribution in [3.63, 3.8) is 0 Å². The highest BCUT2D eigenvalue weighted by atomic mass is 16.5. The summed E-state index contributed by atoms with van der Waals surface area (Å²) >= 11 is 0. The number of rotatable bonds is 6. The monoisotopic (exact) mass is 256 g/mol. The van der Waals surface area contributed by atoms with E-state index in [4.69, 9.17) is 20.5 Å². The maximum atomic E-state index is 9.16. The van der Waals surface area contributed by atoms with Crippen molar-refractivity contribution in [3.8, 4) is 18.2 Å². The molecule has 1 rings (SSSR count). The molecule has 5 heteroatoms. The van der Waals surface area contributed by atoms with Crippen LogP contribution >= 0.6 is 0 Å². The van der Waals surface area contributed by atoms with Crippen molar-refractivity contribution in [1.82, 2.24) is 5.32 Å².